The molecule has 0 aliphatic carbocycles. The first-order valence-corrected chi connectivity index (χ1v) is 10.8. The maximum absolute atomic E-state index is 14.6. The van der Waals surface area contributed by atoms with E-state index in [1.165, 1.54) is 18.3 Å². The topological polar surface area (TPSA) is 91.0 Å². The van der Waals surface area contributed by atoms with Gasteiger partial charge in [0.2, 0.25) is 11.5 Å². The summed E-state index contributed by atoms with van der Waals surface area (Å²) in [6.07, 6.45) is 5.01. The van der Waals surface area contributed by atoms with Crippen LogP contribution >= 0.6 is 12.4 Å². The molecule has 0 saturated carbocycles. The zero-order valence-corrected chi connectivity index (χ0v) is 19.4. The zero-order chi connectivity index (χ0) is 23.4. The van der Waals surface area contributed by atoms with Crippen LogP contribution < -0.4 is 10.9 Å². The van der Waals surface area contributed by atoms with Crippen LogP contribution in [0.1, 0.15) is 36.1 Å². The van der Waals surface area contributed by atoms with E-state index in [0.717, 1.165) is 11.3 Å². The molecule has 4 rings (SSSR count). The van der Waals surface area contributed by atoms with E-state index in [9.17, 15) is 18.4 Å². The average molecular weight is 490 g/mol. The van der Waals surface area contributed by atoms with Crippen molar-refractivity contribution in [2.45, 2.75) is 37.6 Å². The Labute approximate surface area is 202 Å². The summed E-state index contributed by atoms with van der Waals surface area (Å²) in [5.41, 5.74) is 1.88. The van der Waals surface area contributed by atoms with Crippen molar-refractivity contribution in [1.29, 1.82) is 0 Å². The maximum Gasteiger partial charge on any atom is 0.257 e. The van der Waals surface area contributed by atoms with Gasteiger partial charge >= 0.3 is 0 Å². The Kier molecular flexibility index (Phi) is 8.11. The number of hydrogen-bond donors (Lipinski definition) is 2. The van der Waals surface area contributed by atoms with Crippen LogP contribution in [0, 0.1) is 0 Å². The van der Waals surface area contributed by atoms with Crippen LogP contribution in [0.5, 0.6) is 0 Å². The number of carbonyl (C=O) groups excluding carboxylic acids is 1. The lowest BCUT2D eigenvalue weighted by molar-refractivity contribution is -0.125. The number of likely N-dealkylation sites (tertiary alicyclic amines) is 1. The molecule has 2 atom stereocenters. The van der Waals surface area contributed by atoms with Crippen molar-refractivity contribution >= 4 is 24.1 Å². The molecule has 0 bridgehead atoms. The summed E-state index contributed by atoms with van der Waals surface area (Å²) in [6.45, 7) is 1.79. The number of halogens is 3. The number of hydrogen-bond acceptors (Lipinski definition) is 5. The maximum atomic E-state index is 14.6. The van der Waals surface area contributed by atoms with Crippen molar-refractivity contribution in [1.82, 2.24) is 19.9 Å². The van der Waals surface area contributed by atoms with E-state index >= 15 is 0 Å². The number of amides is 1. The molecule has 1 aliphatic heterocycles. The number of carbonyl (C=O) groups is 1. The highest BCUT2D eigenvalue weighted by atomic mass is 35.5. The summed E-state index contributed by atoms with van der Waals surface area (Å²) in [6, 6.07) is 11.3. The third-order valence-corrected chi connectivity index (χ3v) is 5.98. The number of pyridine rings is 3. The molecular formula is C24H26ClF2N5O2. The SMILES string of the molecule is CC(C(=O)Nc1ccc(Cc2ccccn2)cn1)N1CCC(F)(F)[C@@H](c2ccc(=O)[nH]c2)C1.Cl. The highest BCUT2D eigenvalue weighted by molar-refractivity contribution is 5.93. The summed E-state index contributed by atoms with van der Waals surface area (Å²) in [7, 11) is 0. The average Bonchev–Trinajstić information content (AvgIpc) is 2.81. The lowest BCUT2D eigenvalue weighted by atomic mass is 9.87. The predicted molar refractivity (Wildman–Crippen MR) is 128 cm³/mol. The number of nitrogens with one attached hydrogen (secondary N) is 2. The molecule has 3 aromatic heterocycles. The highest BCUT2D eigenvalue weighted by Crippen LogP contribution is 2.40. The molecule has 1 saturated heterocycles. The van der Waals surface area contributed by atoms with Crippen molar-refractivity contribution in [2.75, 3.05) is 18.4 Å². The molecule has 1 aliphatic rings. The van der Waals surface area contributed by atoms with Crippen LogP contribution in [-0.2, 0) is 11.2 Å². The van der Waals surface area contributed by atoms with Crippen LogP contribution in [0.2, 0.25) is 0 Å². The Morgan fingerprint density at radius 2 is 2.06 bits per heavy atom. The van der Waals surface area contributed by atoms with Crippen LogP contribution in [-0.4, -0.2) is 50.8 Å². The molecule has 0 radical (unpaired) electrons. The first-order chi connectivity index (χ1) is 15.8. The van der Waals surface area contributed by atoms with Crippen LogP contribution in [0.15, 0.2) is 65.8 Å². The number of H-pyrrole nitrogens is 1. The van der Waals surface area contributed by atoms with Crippen molar-refractivity contribution < 1.29 is 13.6 Å². The summed E-state index contributed by atoms with van der Waals surface area (Å²) < 4.78 is 29.2. The monoisotopic (exact) mass is 489 g/mol. The molecule has 3 aromatic rings. The van der Waals surface area contributed by atoms with Crippen molar-refractivity contribution in [2.24, 2.45) is 0 Å². The summed E-state index contributed by atoms with van der Waals surface area (Å²) in [4.78, 5) is 36.9. The van der Waals surface area contributed by atoms with Gasteiger partial charge in [-0.1, -0.05) is 18.2 Å². The van der Waals surface area contributed by atoms with Gasteiger partial charge in [-0.15, -0.1) is 12.4 Å². The van der Waals surface area contributed by atoms with Crippen LogP contribution in [0.4, 0.5) is 14.6 Å². The van der Waals surface area contributed by atoms with Gasteiger partial charge in [0.25, 0.3) is 5.92 Å². The van der Waals surface area contributed by atoms with Gasteiger partial charge in [0, 0.05) is 56.3 Å². The van der Waals surface area contributed by atoms with Crippen molar-refractivity contribution in [3.8, 4) is 0 Å². The first kappa shape index (κ1) is 25.5. The largest absolute Gasteiger partial charge is 0.329 e. The van der Waals surface area contributed by atoms with Gasteiger partial charge in [-0.2, -0.15) is 0 Å². The minimum atomic E-state index is -2.92. The lowest BCUT2D eigenvalue weighted by Gasteiger charge is -2.40. The molecule has 2 N–H and O–H groups in total. The fourth-order valence-corrected chi connectivity index (χ4v) is 3.98. The summed E-state index contributed by atoms with van der Waals surface area (Å²) in [5.74, 6) is -3.94. The number of piperidine rings is 1. The molecule has 1 unspecified atom stereocenters. The highest BCUT2D eigenvalue weighted by Gasteiger charge is 2.46. The van der Waals surface area contributed by atoms with Gasteiger partial charge in [-0.25, -0.2) is 13.8 Å². The standard InChI is InChI=1S/C24H25F2N5O2.ClH/c1-16(31-11-9-24(25,26)20(15-31)18-6-8-22(32)29-14-18)23(33)30-21-7-5-17(13-28-21)12-19-4-2-3-10-27-19;/h2-8,10,13-14,16,20H,9,11-12,15H2,1H3,(H,29,32)(H,28,30,33);1H/t16?,20-;/m1./s1. The van der Waals surface area contributed by atoms with Gasteiger partial charge in [-0.05, 0) is 36.2 Å². The molecule has 10 heteroatoms. The molecule has 180 valence electrons. The van der Waals surface area contributed by atoms with E-state index in [-0.39, 0.29) is 43.4 Å². The molecular weight excluding hydrogens is 464 g/mol. The first-order valence-electron chi connectivity index (χ1n) is 10.8. The number of aromatic amines is 1. The quantitative estimate of drug-likeness (QED) is 0.552. The third kappa shape index (κ3) is 6.03. The van der Waals surface area contributed by atoms with E-state index < -0.39 is 17.9 Å². The van der Waals surface area contributed by atoms with E-state index in [4.69, 9.17) is 0 Å². The molecule has 34 heavy (non-hydrogen) atoms. The Balaban J connectivity index is 0.00000324. The van der Waals surface area contributed by atoms with Gasteiger partial charge in [0.15, 0.2) is 0 Å². The van der Waals surface area contributed by atoms with Crippen molar-refractivity contribution in [3.05, 3.63) is 88.2 Å². The number of rotatable bonds is 6. The van der Waals surface area contributed by atoms with E-state index in [2.05, 4.69) is 20.3 Å². The number of nitrogens with zero attached hydrogens (tertiary/aromatic N) is 3. The zero-order valence-electron chi connectivity index (χ0n) is 18.6. The minimum Gasteiger partial charge on any atom is -0.329 e. The Morgan fingerprint density at radius 3 is 2.71 bits per heavy atom. The third-order valence-electron chi connectivity index (χ3n) is 5.98. The fraction of sp³-hybridized carbons (Fsp3) is 0.333. The van der Waals surface area contributed by atoms with Gasteiger partial charge in [-0.3, -0.25) is 19.5 Å². The van der Waals surface area contributed by atoms with E-state index in [1.807, 2.05) is 24.3 Å². The van der Waals surface area contributed by atoms with Gasteiger partial charge in [0.1, 0.15) is 5.82 Å². The molecule has 1 amide bonds. The second-order valence-corrected chi connectivity index (χ2v) is 8.26. The number of anilines is 1. The normalized spacial score (nSPS) is 18.5. The lowest BCUT2D eigenvalue weighted by Crippen LogP contribution is -2.52. The Hall–Kier alpha value is -3.17. The Morgan fingerprint density at radius 1 is 1.24 bits per heavy atom. The molecule has 0 aromatic carbocycles. The van der Waals surface area contributed by atoms with Crippen LogP contribution in [0.3, 0.4) is 0 Å². The molecule has 0 spiro atoms. The molecule has 4 heterocycles. The van der Waals surface area contributed by atoms with Crippen LogP contribution in [0.25, 0.3) is 0 Å². The smallest absolute Gasteiger partial charge is 0.257 e. The van der Waals surface area contributed by atoms with E-state index in [1.54, 1.807) is 30.3 Å². The predicted octanol–water partition coefficient (Wildman–Crippen LogP) is 3.63. The fourth-order valence-electron chi connectivity index (χ4n) is 3.98. The van der Waals surface area contributed by atoms with Gasteiger partial charge in [0.05, 0.1) is 12.0 Å². The summed E-state index contributed by atoms with van der Waals surface area (Å²) >= 11 is 0. The minimum absolute atomic E-state index is 0. The molecule has 7 nitrogen and oxygen atoms in total. The molecule has 1 fully saturated rings. The van der Waals surface area contributed by atoms with Gasteiger partial charge < -0.3 is 10.3 Å². The van der Waals surface area contributed by atoms with E-state index in [0.29, 0.717) is 17.8 Å². The second kappa shape index (κ2) is 10.8. The van der Waals surface area contributed by atoms with Crippen molar-refractivity contribution in [3.63, 3.8) is 0 Å². The second-order valence-electron chi connectivity index (χ2n) is 8.26. The number of alkyl halides is 2. The number of aromatic nitrogens is 3. The summed E-state index contributed by atoms with van der Waals surface area (Å²) in [5, 5.41) is 2.77. The Bertz CT molecular complexity index is 1140.